The molecule has 1 saturated carbocycles. The molecule has 0 aliphatic heterocycles. The summed E-state index contributed by atoms with van der Waals surface area (Å²) in [7, 11) is 0. The lowest BCUT2D eigenvalue weighted by Crippen LogP contribution is -2.08. The molecule has 0 aromatic rings. The van der Waals surface area contributed by atoms with E-state index in [1.54, 1.807) is 0 Å². The fourth-order valence-corrected chi connectivity index (χ4v) is 0.901. The normalized spacial score (nSPS) is 13.0. The first-order valence-electron chi connectivity index (χ1n) is 5.85. The van der Waals surface area contributed by atoms with Gasteiger partial charge >= 0.3 is 0 Å². The molecule has 0 nitrogen and oxygen atoms in total. The van der Waals surface area contributed by atoms with Gasteiger partial charge in [-0.05, 0) is 5.92 Å². The SMILES string of the molecule is C=C.CC.CCC.CCC1CCC1. The van der Waals surface area contributed by atoms with Crippen molar-refractivity contribution in [3.63, 3.8) is 0 Å². The molecule has 0 saturated heterocycles. The van der Waals surface area contributed by atoms with Gasteiger partial charge in [-0.3, -0.25) is 0 Å². The van der Waals surface area contributed by atoms with Crippen molar-refractivity contribution in [2.45, 2.75) is 66.7 Å². The maximum absolute atomic E-state index is 3.00. The summed E-state index contributed by atoms with van der Waals surface area (Å²) < 4.78 is 0. The predicted molar refractivity (Wildman–Crippen MR) is 66.2 cm³/mol. The lowest BCUT2D eigenvalue weighted by atomic mass is 9.84. The second-order valence-electron chi connectivity index (χ2n) is 2.91. The van der Waals surface area contributed by atoms with Crippen LogP contribution in [0.2, 0.25) is 0 Å². The predicted octanol–water partition coefficient (Wildman–Crippen LogP) is 5.44. The van der Waals surface area contributed by atoms with Gasteiger partial charge in [-0.25, -0.2) is 0 Å². The largest absolute Gasteiger partial charge is 0.106 e. The van der Waals surface area contributed by atoms with E-state index in [1.165, 1.54) is 32.1 Å². The van der Waals surface area contributed by atoms with Crippen LogP contribution in [0.4, 0.5) is 0 Å². The van der Waals surface area contributed by atoms with E-state index in [9.17, 15) is 0 Å². The zero-order valence-electron chi connectivity index (χ0n) is 10.5. The molecule has 0 bridgehead atoms. The first-order chi connectivity index (χ1) is 6.35. The average Bonchev–Trinajstić information content (AvgIpc) is 2.11. The van der Waals surface area contributed by atoms with Gasteiger partial charge in [-0.1, -0.05) is 66.7 Å². The lowest BCUT2D eigenvalue weighted by Gasteiger charge is -2.22. The van der Waals surface area contributed by atoms with Gasteiger partial charge in [0, 0.05) is 0 Å². The first kappa shape index (κ1) is 18.5. The van der Waals surface area contributed by atoms with E-state index in [0.29, 0.717) is 0 Å². The summed E-state index contributed by atoms with van der Waals surface area (Å²) in [5.74, 6) is 1.12. The van der Waals surface area contributed by atoms with Crippen LogP contribution >= 0.6 is 0 Å². The number of hydrogen-bond donors (Lipinski definition) is 0. The minimum Gasteiger partial charge on any atom is -0.106 e. The minimum atomic E-state index is 1.12. The van der Waals surface area contributed by atoms with Crippen LogP contribution in [-0.4, -0.2) is 0 Å². The highest BCUT2D eigenvalue weighted by Gasteiger charge is 2.13. The lowest BCUT2D eigenvalue weighted by molar-refractivity contribution is 0.307. The highest BCUT2D eigenvalue weighted by atomic mass is 14.2. The summed E-state index contributed by atoms with van der Waals surface area (Å²) in [5.41, 5.74) is 0. The summed E-state index contributed by atoms with van der Waals surface area (Å²) in [6.07, 6.45) is 7.19. The molecular formula is C13H30. The standard InChI is InChI=1S/C6H12.C3H8.C2H6.C2H4/c1-2-6-4-3-5-6;1-3-2;2*1-2/h6H,2-5H2,1H3;3H2,1-2H3;1-2H3;1-2H2. The van der Waals surface area contributed by atoms with Crippen molar-refractivity contribution in [1.82, 2.24) is 0 Å². The van der Waals surface area contributed by atoms with Gasteiger partial charge < -0.3 is 0 Å². The van der Waals surface area contributed by atoms with Gasteiger partial charge in [0.25, 0.3) is 0 Å². The van der Waals surface area contributed by atoms with E-state index < -0.39 is 0 Å². The van der Waals surface area contributed by atoms with Crippen molar-refractivity contribution in [1.29, 1.82) is 0 Å². The Balaban J connectivity index is -0.000000124. The smallest absolute Gasteiger partial charge is 0.0417 e. The Kier molecular flexibility index (Phi) is 32.2. The molecule has 1 aliphatic rings. The summed E-state index contributed by atoms with van der Waals surface area (Å²) in [6.45, 7) is 16.5. The maximum Gasteiger partial charge on any atom is -0.0417 e. The van der Waals surface area contributed by atoms with Crippen LogP contribution in [0.25, 0.3) is 0 Å². The van der Waals surface area contributed by atoms with Crippen LogP contribution in [0.1, 0.15) is 66.7 Å². The summed E-state index contributed by atoms with van der Waals surface area (Å²) in [4.78, 5) is 0. The fraction of sp³-hybridized carbons (Fsp3) is 0.846. The highest BCUT2D eigenvalue weighted by Crippen LogP contribution is 2.28. The van der Waals surface area contributed by atoms with Crippen LogP contribution in [0, 0.1) is 5.92 Å². The Bertz CT molecular complexity index is 50.3. The molecule has 0 aromatic heterocycles. The second-order valence-corrected chi connectivity index (χ2v) is 2.91. The Morgan fingerprint density at radius 3 is 1.31 bits per heavy atom. The van der Waals surface area contributed by atoms with Crippen molar-refractivity contribution in [2.75, 3.05) is 0 Å². The molecule has 0 radical (unpaired) electrons. The number of rotatable bonds is 1. The van der Waals surface area contributed by atoms with E-state index in [4.69, 9.17) is 0 Å². The van der Waals surface area contributed by atoms with Gasteiger partial charge in [0.1, 0.15) is 0 Å². The second kappa shape index (κ2) is 22.6. The van der Waals surface area contributed by atoms with Crippen molar-refractivity contribution in [3.05, 3.63) is 13.2 Å². The molecule has 0 amide bonds. The molecule has 0 heteroatoms. The van der Waals surface area contributed by atoms with E-state index >= 15 is 0 Å². The molecule has 0 N–H and O–H groups in total. The zero-order valence-corrected chi connectivity index (χ0v) is 10.5. The molecule has 1 rings (SSSR count). The van der Waals surface area contributed by atoms with Crippen molar-refractivity contribution < 1.29 is 0 Å². The summed E-state index contributed by atoms with van der Waals surface area (Å²) in [5, 5.41) is 0. The summed E-state index contributed by atoms with van der Waals surface area (Å²) >= 11 is 0. The van der Waals surface area contributed by atoms with Gasteiger partial charge in [0.2, 0.25) is 0 Å². The van der Waals surface area contributed by atoms with Crippen LogP contribution in [0.5, 0.6) is 0 Å². The Morgan fingerprint density at radius 1 is 1.00 bits per heavy atom. The van der Waals surface area contributed by atoms with E-state index in [0.717, 1.165) is 5.92 Å². The van der Waals surface area contributed by atoms with Crippen LogP contribution in [0.15, 0.2) is 13.2 Å². The third-order valence-electron chi connectivity index (χ3n) is 1.80. The van der Waals surface area contributed by atoms with Crippen LogP contribution in [-0.2, 0) is 0 Å². The molecule has 0 aromatic carbocycles. The molecule has 0 spiro atoms. The molecule has 0 unspecified atom stereocenters. The number of hydrogen-bond acceptors (Lipinski definition) is 0. The van der Waals surface area contributed by atoms with Crippen molar-refractivity contribution >= 4 is 0 Å². The quantitative estimate of drug-likeness (QED) is 0.478. The molecule has 13 heavy (non-hydrogen) atoms. The first-order valence-corrected chi connectivity index (χ1v) is 5.85. The molecule has 1 fully saturated rings. The third-order valence-corrected chi connectivity index (χ3v) is 1.80. The molecular weight excluding hydrogens is 156 g/mol. The third kappa shape index (κ3) is 18.6. The van der Waals surface area contributed by atoms with E-state index in [2.05, 4.69) is 33.9 Å². The molecule has 0 atom stereocenters. The van der Waals surface area contributed by atoms with Crippen LogP contribution < -0.4 is 0 Å². The van der Waals surface area contributed by atoms with Gasteiger partial charge in [0.05, 0.1) is 0 Å². The highest BCUT2D eigenvalue weighted by molar-refractivity contribution is 4.66. The Hall–Kier alpha value is -0.260. The molecule has 82 valence electrons. The average molecular weight is 186 g/mol. The van der Waals surface area contributed by atoms with Gasteiger partial charge in [0.15, 0.2) is 0 Å². The fourth-order valence-electron chi connectivity index (χ4n) is 0.901. The Labute approximate surface area is 86.4 Å². The zero-order chi connectivity index (χ0) is 11.1. The molecule has 0 heterocycles. The Morgan fingerprint density at radius 2 is 1.31 bits per heavy atom. The van der Waals surface area contributed by atoms with E-state index in [1.807, 2.05) is 13.8 Å². The van der Waals surface area contributed by atoms with Crippen LogP contribution in [0.3, 0.4) is 0 Å². The van der Waals surface area contributed by atoms with Gasteiger partial charge in [-0.15, -0.1) is 13.2 Å². The van der Waals surface area contributed by atoms with Crippen molar-refractivity contribution in [3.8, 4) is 0 Å². The van der Waals surface area contributed by atoms with Crippen molar-refractivity contribution in [2.24, 2.45) is 5.92 Å². The van der Waals surface area contributed by atoms with E-state index in [-0.39, 0.29) is 0 Å². The summed E-state index contributed by atoms with van der Waals surface area (Å²) in [6, 6.07) is 0. The maximum atomic E-state index is 3.00. The minimum absolute atomic E-state index is 1.12. The van der Waals surface area contributed by atoms with Gasteiger partial charge in [-0.2, -0.15) is 0 Å². The molecule has 1 aliphatic carbocycles. The topological polar surface area (TPSA) is 0 Å². The monoisotopic (exact) mass is 186 g/mol.